The van der Waals surface area contributed by atoms with E-state index in [4.69, 9.17) is 42.2 Å². The van der Waals surface area contributed by atoms with Crippen molar-refractivity contribution in [1.82, 2.24) is 25.0 Å². The van der Waals surface area contributed by atoms with Gasteiger partial charge < -0.3 is 39.1 Å². The molecule has 4 rings (SSSR count). The van der Waals surface area contributed by atoms with Crippen molar-refractivity contribution in [3.8, 4) is 0 Å². The highest BCUT2D eigenvalue weighted by Crippen LogP contribution is 2.55. The third kappa shape index (κ3) is 6.47. The number of benzene rings is 1. The fourth-order valence-electron chi connectivity index (χ4n) is 3.72. The maximum atomic E-state index is 11.9. The van der Waals surface area contributed by atoms with E-state index in [1.54, 1.807) is 24.1 Å². The summed E-state index contributed by atoms with van der Waals surface area (Å²) in [5, 5.41) is 29.4. The Bertz CT molecular complexity index is 1390. The molecule has 1 aliphatic heterocycles. The van der Waals surface area contributed by atoms with E-state index < -0.39 is 52.2 Å². The van der Waals surface area contributed by atoms with Crippen LogP contribution in [0, 0.1) is 0 Å². The van der Waals surface area contributed by atoms with Gasteiger partial charge >= 0.3 is 15.2 Å². The number of nitrogens with zero attached hydrogens (tertiary/aromatic N) is 6. The summed E-state index contributed by atoms with van der Waals surface area (Å²) in [6.07, 6.45) is -5.92. The minimum absolute atomic E-state index is 0.0631. The van der Waals surface area contributed by atoms with Gasteiger partial charge in [-0.15, -0.1) is 5.10 Å². The standard InChI is InChI=1S/C18H22Cl2N6O9P2/c1-25(6-9-4-2-3-5-10(9)19)15-12-16(22-18(20)21-15)26(24-23-12)17-14(28)13(27)11(35-17)7-34-37(32,33)8-36(29,30)31/h2-5,11,13-14,17,27-28H,6-8H2,1H3,(H,32,33)(H2,29,30,31)/t11-,13-,14-,17-/m1/s1. The number of fused-ring (bicyclic) bond motifs is 1. The molecule has 15 nitrogen and oxygen atoms in total. The van der Waals surface area contributed by atoms with Crippen molar-refractivity contribution in [2.24, 2.45) is 0 Å². The quantitative estimate of drug-likeness (QED) is 0.172. The summed E-state index contributed by atoms with van der Waals surface area (Å²) in [6.45, 7) is -0.415. The van der Waals surface area contributed by atoms with Gasteiger partial charge in [-0.1, -0.05) is 35.0 Å². The van der Waals surface area contributed by atoms with Crippen molar-refractivity contribution in [3.05, 3.63) is 40.1 Å². The van der Waals surface area contributed by atoms with Gasteiger partial charge in [-0.25, -0.2) is 0 Å². The fourth-order valence-corrected chi connectivity index (χ4v) is 6.64. The lowest BCUT2D eigenvalue weighted by molar-refractivity contribution is -0.0549. The molecule has 1 fully saturated rings. The van der Waals surface area contributed by atoms with Gasteiger partial charge in [-0.2, -0.15) is 14.6 Å². The molecule has 1 aromatic carbocycles. The lowest BCUT2D eigenvalue weighted by atomic mass is 10.1. The lowest BCUT2D eigenvalue weighted by Crippen LogP contribution is -2.33. The smallest absolute Gasteiger partial charge is 0.340 e. The molecule has 0 saturated carbocycles. The molecule has 0 radical (unpaired) electrons. The van der Waals surface area contributed by atoms with E-state index in [2.05, 4.69) is 20.3 Å². The van der Waals surface area contributed by atoms with E-state index in [0.29, 0.717) is 17.4 Å². The van der Waals surface area contributed by atoms with Crippen LogP contribution >= 0.6 is 38.4 Å². The zero-order chi connectivity index (χ0) is 27.1. The van der Waals surface area contributed by atoms with Gasteiger partial charge in [0.2, 0.25) is 5.28 Å². The lowest BCUT2D eigenvalue weighted by Gasteiger charge is -2.19. The third-order valence-corrected chi connectivity index (χ3v) is 9.38. The van der Waals surface area contributed by atoms with Crippen molar-refractivity contribution in [2.45, 2.75) is 31.1 Å². The highest BCUT2D eigenvalue weighted by atomic mass is 35.5. The van der Waals surface area contributed by atoms with Crippen LogP contribution in [-0.2, 0) is 24.9 Å². The number of aliphatic hydroxyl groups is 2. The van der Waals surface area contributed by atoms with E-state index in [1.165, 1.54) is 0 Å². The molecule has 1 aliphatic rings. The first-order valence-electron chi connectivity index (χ1n) is 10.5. The molecule has 2 aromatic heterocycles. The highest BCUT2D eigenvalue weighted by Gasteiger charge is 2.46. The van der Waals surface area contributed by atoms with Crippen LogP contribution in [0.25, 0.3) is 11.2 Å². The van der Waals surface area contributed by atoms with E-state index in [0.717, 1.165) is 10.2 Å². The number of anilines is 1. The number of aromatic nitrogens is 5. The summed E-state index contributed by atoms with van der Waals surface area (Å²) in [5.74, 6) is -1.12. The molecule has 1 unspecified atom stereocenters. The van der Waals surface area contributed by atoms with Gasteiger partial charge in [0.15, 0.2) is 29.1 Å². The minimum atomic E-state index is -4.85. The van der Waals surface area contributed by atoms with Gasteiger partial charge in [-0.05, 0) is 23.2 Å². The number of hydrogen-bond donors (Lipinski definition) is 5. The normalized spacial score (nSPS) is 23.9. The summed E-state index contributed by atoms with van der Waals surface area (Å²) in [4.78, 5) is 37.6. The highest BCUT2D eigenvalue weighted by molar-refractivity contribution is 7.70. The zero-order valence-corrected chi connectivity index (χ0v) is 22.2. The Morgan fingerprint density at radius 2 is 1.84 bits per heavy atom. The van der Waals surface area contributed by atoms with E-state index >= 15 is 0 Å². The van der Waals surface area contributed by atoms with Crippen LogP contribution in [-0.4, -0.2) is 87.7 Å². The first-order chi connectivity index (χ1) is 17.3. The first-order valence-corrected chi connectivity index (χ1v) is 14.8. The molecule has 3 heterocycles. The van der Waals surface area contributed by atoms with Crippen molar-refractivity contribution >= 4 is 55.4 Å². The molecule has 0 bridgehead atoms. The second kappa shape index (κ2) is 10.8. The molecular weight excluding hydrogens is 577 g/mol. The van der Waals surface area contributed by atoms with Crippen LogP contribution in [0.15, 0.2) is 24.3 Å². The summed E-state index contributed by atoms with van der Waals surface area (Å²) < 4.78 is 34.3. The summed E-state index contributed by atoms with van der Waals surface area (Å²) in [6, 6.07) is 7.22. The molecule has 5 atom stereocenters. The third-order valence-electron chi connectivity index (χ3n) is 5.39. The van der Waals surface area contributed by atoms with Crippen LogP contribution in [0.2, 0.25) is 10.3 Å². The van der Waals surface area contributed by atoms with Crippen LogP contribution in [0.5, 0.6) is 0 Å². The van der Waals surface area contributed by atoms with Crippen LogP contribution in [0.1, 0.15) is 11.8 Å². The Morgan fingerprint density at radius 3 is 2.51 bits per heavy atom. The van der Waals surface area contributed by atoms with Crippen LogP contribution in [0.3, 0.4) is 0 Å². The SMILES string of the molecule is CN(Cc1ccccc1Cl)c1nc(Cl)nc2c1nnn2[C@@H]1O[C@H](COP(=O)(O)CP(=O)(O)O)[C@@H](O)[C@H]1O. The Labute approximate surface area is 219 Å². The summed E-state index contributed by atoms with van der Waals surface area (Å²) in [5.41, 5.74) is 1.07. The molecule has 0 amide bonds. The second-order valence-corrected chi connectivity index (χ2v) is 13.0. The minimum Gasteiger partial charge on any atom is -0.387 e. The van der Waals surface area contributed by atoms with E-state index in [9.17, 15) is 24.2 Å². The van der Waals surface area contributed by atoms with Crippen molar-refractivity contribution in [2.75, 3.05) is 24.5 Å². The first kappa shape index (κ1) is 28.3. The molecule has 5 N–H and O–H groups in total. The van der Waals surface area contributed by atoms with Gasteiger partial charge in [-0.3, -0.25) is 9.13 Å². The molecule has 37 heavy (non-hydrogen) atoms. The topological polar surface area (TPSA) is 213 Å². The van der Waals surface area contributed by atoms with Gasteiger partial charge in [0.1, 0.15) is 18.3 Å². The van der Waals surface area contributed by atoms with Crippen molar-refractivity contribution < 1.29 is 43.3 Å². The number of ether oxygens (including phenoxy) is 1. The van der Waals surface area contributed by atoms with Gasteiger partial charge in [0, 0.05) is 18.6 Å². The Kier molecular flexibility index (Phi) is 8.25. The van der Waals surface area contributed by atoms with E-state index in [1.807, 2.05) is 12.1 Å². The Balaban J connectivity index is 1.57. The molecule has 0 spiro atoms. The van der Waals surface area contributed by atoms with Crippen LogP contribution in [0.4, 0.5) is 5.82 Å². The number of aliphatic hydroxyl groups excluding tert-OH is 2. The van der Waals surface area contributed by atoms with Gasteiger partial charge in [0.25, 0.3) is 0 Å². The van der Waals surface area contributed by atoms with Crippen molar-refractivity contribution in [1.29, 1.82) is 0 Å². The maximum absolute atomic E-state index is 11.9. The number of hydrogen-bond acceptors (Lipinski definition) is 11. The zero-order valence-electron chi connectivity index (χ0n) is 18.9. The van der Waals surface area contributed by atoms with Crippen molar-refractivity contribution in [3.63, 3.8) is 0 Å². The molecule has 3 aromatic rings. The predicted molar refractivity (Wildman–Crippen MR) is 130 cm³/mol. The molecule has 202 valence electrons. The monoisotopic (exact) mass is 598 g/mol. The molecule has 0 aliphatic carbocycles. The van der Waals surface area contributed by atoms with Gasteiger partial charge in [0.05, 0.1) is 6.61 Å². The second-order valence-electron chi connectivity index (χ2n) is 8.26. The largest absolute Gasteiger partial charge is 0.387 e. The predicted octanol–water partition coefficient (Wildman–Crippen LogP) is 1.12. The average Bonchev–Trinajstić information content (AvgIpc) is 3.32. The Morgan fingerprint density at radius 1 is 1.14 bits per heavy atom. The Hall–Kier alpha value is -1.74. The average molecular weight is 599 g/mol. The van der Waals surface area contributed by atoms with Crippen LogP contribution < -0.4 is 4.90 Å². The number of halogens is 2. The summed E-state index contributed by atoms with van der Waals surface area (Å²) >= 11 is 12.4. The van der Waals surface area contributed by atoms with E-state index in [-0.39, 0.29) is 16.4 Å². The maximum Gasteiger partial charge on any atom is 0.340 e. The summed E-state index contributed by atoms with van der Waals surface area (Å²) in [7, 11) is -7.84. The molecular formula is C18H22Cl2N6O9P2. The molecule has 1 saturated heterocycles. The fraction of sp³-hybridized carbons (Fsp3) is 0.444. The number of rotatable bonds is 9. The molecule has 19 heteroatoms.